The zero-order valence-corrected chi connectivity index (χ0v) is 50.5. The molecule has 11 amide bonds. The molecule has 30 heteroatoms. The van der Waals surface area contributed by atoms with Gasteiger partial charge in [-0.25, -0.2) is 0 Å². The predicted molar refractivity (Wildman–Crippen MR) is 319 cm³/mol. The van der Waals surface area contributed by atoms with Gasteiger partial charge in [-0.05, 0) is 109 Å². The number of carbonyl (C=O) groups is 11. The molecule has 12 atom stereocenters. The van der Waals surface area contributed by atoms with Crippen molar-refractivity contribution in [2.24, 2.45) is 34.6 Å². The molecule has 0 aliphatic carbocycles. The van der Waals surface area contributed by atoms with E-state index in [0.29, 0.717) is 12.0 Å². The highest BCUT2D eigenvalue weighted by atomic mass is 35.5. The van der Waals surface area contributed by atoms with Gasteiger partial charge < -0.3 is 97.4 Å². The van der Waals surface area contributed by atoms with Gasteiger partial charge in [-0.3, -0.25) is 52.7 Å². The molecule has 1 aromatic carbocycles. The van der Waals surface area contributed by atoms with Crippen LogP contribution in [0.5, 0.6) is 0 Å². The minimum Gasteiger partial charge on any atom is -0.391 e. The number of rotatable bonds is 29. The molecule has 23 N–H and O–H groups in total. The molecule has 1 aromatic rings. The lowest BCUT2D eigenvalue weighted by Crippen LogP contribution is -2.62. The number of halogens is 1. The second kappa shape index (κ2) is 41.5. The van der Waals surface area contributed by atoms with Crippen molar-refractivity contribution in [1.82, 2.24) is 58.5 Å². The summed E-state index contributed by atoms with van der Waals surface area (Å²) in [5.41, 5.74) is 29.9. The van der Waals surface area contributed by atoms with Gasteiger partial charge in [0.05, 0.1) is 12.2 Å². The van der Waals surface area contributed by atoms with Crippen LogP contribution >= 0.6 is 12.4 Å². The average molecular weight is 1230 g/mol. The van der Waals surface area contributed by atoms with Crippen LogP contribution in [0, 0.1) is 5.92 Å². The summed E-state index contributed by atoms with van der Waals surface area (Å²) < 4.78 is 0. The lowest BCUT2D eigenvalue weighted by Gasteiger charge is -2.29. The Morgan fingerprint density at radius 1 is 0.565 bits per heavy atom. The molecule has 85 heavy (non-hydrogen) atoms. The van der Waals surface area contributed by atoms with Crippen LogP contribution in [0.2, 0.25) is 0 Å². The van der Waals surface area contributed by atoms with Crippen LogP contribution in [0.15, 0.2) is 30.3 Å². The number of unbranched alkanes of at least 4 members (excludes halogenated alkanes) is 4. The van der Waals surface area contributed by atoms with E-state index >= 15 is 0 Å². The minimum absolute atomic E-state index is 0. The van der Waals surface area contributed by atoms with Crippen molar-refractivity contribution in [1.29, 1.82) is 0 Å². The number of aliphatic hydroxyl groups excluding tert-OH is 2. The van der Waals surface area contributed by atoms with E-state index in [1.165, 1.54) is 13.8 Å². The van der Waals surface area contributed by atoms with Crippen molar-refractivity contribution in [2.75, 3.05) is 39.3 Å². The van der Waals surface area contributed by atoms with Crippen molar-refractivity contribution >= 4 is 77.4 Å². The minimum atomic E-state index is -1.70. The van der Waals surface area contributed by atoms with Crippen LogP contribution in [0.4, 0.5) is 0 Å². The van der Waals surface area contributed by atoms with Gasteiger partial charge in [0.25, 0.3) is 0 Å². The molecule has 0 aromatic heterocycles. The maximum absolute atomic E-state index is 14.5. The molecule has 0 bridgehead atoms. The van der Waals surface area contributed by atoms with Gasteiger partial charge in [0.1, 0.15) is 60.4 Å². The van der Waals surface area contributed by atoms with Crippen LogP contribution in [0.1, 0.15) is 124 Å². The maximum Gasteiger partial charge on any atom is 0.245 e. The van der Waals surface area contributed by atoms with Gasteiger partial charge in [0.15, 0.2) is 0 Å². The van der Waals surface area contributed by atoms with Crippen molar-refractivity contribution in [3.8, 4) is 0 Å². The molecule has 1 heterocycles. The fourth-order valence-electron chi connectivity index (χ4n) is 9.03. The molecule has 1 aliphatic heterocycles. The lowest BCUT2D eigenvalue weighted by molar-refractivity contribution is -0.137. The number of aliphatic hydroxyl groups is 2. The Bertz CT molecular complexity index is 2290. The zero-order chi connectivity index (χ0) is 62.9. The first-order valence-corrected chi connectivity index (χ1v) is 29.2. The normalized spacial score (nSPS) is 22.4. The fourth-order valence-corrected chi connectivity index (χ4v) is 9.03. The number of amides is 11. The standard InChI is InChI=1S/C55H96N16O13.ClH/c1-6-7-8-9-13-16-43(74)62-35(17-23-56)50(79)71-45(33(5)73)55(84)67-38(20-26-59)47(76)66-40-22-28-61-54(83)44(32(4)72)70-51(80)39(21-27-60)64-46(75)36(18-24-57)65-52(81)41(29-31(2)3)68-53(82)42(30-34-14-11-10-12-15-34)69-48(77)37(19-25-58)63-49(40)78;/h10-12,14-15,31-33,35-42,44-45,72-73H,6-9,13,16-30,56-60H2,1-5H3,(H,61,83)(H,62,74)(H,63,78)(H,64,75)(H,65,81)(H,66,76)(H,67,84)(H,68,82)(H,69,77)(H,70,80)(H,71,79);1H/t32-,33-,35+,36+,37+,38+,39+,40+,41+,42+,44+,45+;/m1./s1. The average Bonchev–Trinajstić information content (AvgIpc) is 3.44. The largest absolute Gasteiger partial charge is 0.391 e. The summed E-state index contributed by atoms with van der Waals surface area (Å²) in [6.07, 6.45) is 0.0313. The predicted octanol–water partition coefficient (Wildman–Crippen LogP) is -5.07. The molecule has 29 nitrogen and oxygen atoms in total. The maximum atomic E-state index is 14.5. The summed E-state index contributed by atoms with van der Waals surface area (Å²) in [5, 5.41) is 49.6. The van der Waals surface area contributed by atoms with Crippen LogP contribution in [-0.4, -0.2) is 187 Å². The molecule has 0 unspecified atom stereocenters. The number of nitrogens with one attached hydrogen (secondary N) is 11. The number of carbonyl (C=O) groups excluding carboxylic acids is 11. The summed E-state index contributed by atoms with van der Waals surface area (Å²) in [6, 6.07) is -6.22. The number of benzene rings is 1. The zero-order valence-electron chi connectivity index (χ0n) is 49.7. The fraction of sp³-hybridized carbons (Fsp3) is 0.691. The van der Waals surface area contributed by atoms with E-state index < -0.39 is 151 Å². The molecular formula is C55H97ClN16O13. The third-order valence-corrected chi connectivity index (χ3v) is 13.7. The summed E-state index contributed by atoms with van der Waals surface area (Å²) in [5.74, 6) is -9.94. The molecule has 1 aliphatic rings. The van der Waals surface area contributed by atoms with E-state index in [4.69, 9.17) is 28.7 Å². The highest BCUT2D eigenvalue weighted by Crippen LogP contribution is 2.12. The van der Waals surface area contributed by atoms with Crippen LogP contribution < -0.4 is 87.2 Å². The van der Waals surface area contributed by atoms with Crippen molar-refractivity contribution in [2.45, 2.75) is 197 Å². The Labute approximate surface area is 504 Å². The molecule has 482 valence electrons. The lowest BCUT2D eigenvalue weighted by atomic mass is 10.00. The topological polar surface area (TPSA) is 491 Å². The molecule has 2 rings (SSSR count). The van der Waals surface area contributed by atoms with E-state index in [1.54, 1.807) is 44.2 Å². The van der Waals surface area contributed by atoms with Gasteiger partial charge in [-0.2, -0.15) is 0 Å². The molecular weight excluding hydrogens is 1130 g/mol. The third-order valence-electron chi connectivity index (χ3n) is 13.7. The van der Waals surface area contributed by atoms with Crippen molar-refractivity contribution < 1.29 is 63.0 Å². The molecule has 1 fully saturated rings. The van der Waals surface area contributed by atoms with Gasteiger partial charge in [0.2, 0.25) is 65.0 Å². The number of hydrogen-bond donors (Lipinski definition) is 18. The van der Waals surface area contributed by atoms with E-state index in [9.17, 15) is 63.0 Å². The first-order chi connectivity index (χ1) is 39.9. The van der Waals surface area contributed by atoms with Crippen molar-refractivity contribution in [3.63, 3.8) is 0 Å². The first kappa shape index (κ1) is 76.4. The second-order valence-electron chi connectivity index (χ2n) is 21.5. The molecule has 0 radical (unpaired) electrons. The highest BCUT2D eigenvalue weighted by molar-refractivity contribution is 5.99. The SMILES string of the molecule is CCCCCCCC(=O)N[C@@H](CCN)C(=O)N[C@H](C(=O)N[C@@H](CCN)C(=O)N[C@H]1CCNC(=O)[C@H]([C@@H](C)O)NC(=O)[C@H](CCN)NC(=O)[C@H](CCN)NC(=O)[C@H](CC(C)C)NC(=O)[C@H](Cc2ccccc2)NC(=O)[C@H](CCN)NC1=O)[C@@H](C)O.Cl. The Balaban J connectivity index is 0.0000361. The first-order valence-electron chi connectivity index (χ1n) is 29.2. The van der Waals surface area contributed by atoms with Crippen LogP contribution in [-0.2, 0) is 59.2 Å². The van der Waals surface area contributed by atoms with Gasteiger partial charge in [-0.1, -0.05) is 76.8 Å². The van der Waals surface area contributed by atoms with Gasteiger partial charge in [0, 0.05) is 19.4 Å². The van der Waals surface area contributed by atoms with Crippen molar-refractivity contribution in [3.05, 3.63) is 35.9 Å². The Hall–Kier alpha value is -6.60. The smallest absolute Gasteiger partial charge is 0.245 e. The quantitative estimate of drug-likeness (QED) is 0.0334. The summed E-state index contributed by atoms with van der Waals surface area (Å²) >= 11 is 0. The van der Waals surface area contributed by atoms with E-state index in [0.717, 1.165) is 25.7 Å². The second-order valence-corrected chi connectivity index (χ2v) is 21.5. The van der Waals surface area contributed by atoms with E-state index in [-0.39, 0.29) is 102 Å². The summed E-state index contributed by atoms with van der Waals surface area (Å²) in [7, 11) is 0. The monoisotopic (exact) mass is 1220 g/mol. The van der Waals surface area contributed by atoms with Gasteiger partial charge in [-0.15, -0.1) is 12.4 Å². The van der Waals surface area contributed by atoms with Gasteiger partial charge >= 0.3 is 0 Å². The number of nitrogens with two attached hydrogens (primary N) is 5. The Kier molecular flexibility index (Phi) is 37.3. The summed E-state index contributed by atoms with van der Waals surface area (Å²) in [6.45, 7) is 6.87. The molecule has 1 saturated heterocycles. The van der Waals surface area contributed by atoms with Crippen LogP contribution in [0.25, 0.3) is 0 Å². The van der Waals surface area contributed by atoms with E-state index in [2.05, 4.69) is 65.4 Å². The molecule has 0 spiro atoms. The Morgan fingerprint density at radius 2 is 1.05 bits per heavy atom. The molecule has 0 saturated carbocycles. The summed E-state index contributed by atoms with van der Waals surface area (Å²) in [4.78, 5) is 154. The third kappa shape index (κ3) is 28.0. The van der Waals surface area contributed by atoms with E-state index in [1.807, 2.05) is 0 Å². The van der Waals surface area contributed by atoms with Crippen LogP contribution in [0.3, 0.4) is 0 Å². The Morgan fingerprint density at radius 3 is 1.55 bits per heavy atom. The number of hydrogen-bond acceptors (Lipinski definition) is 18. The highest BCUT2D eigenvalue weighted by Gasteiger charge is 2.37.